The summed E-state index contributed by atoms with van der Waals surface area (Å²) in [5.74, 6) is 0.0607. The molecule has 5 heteroatoms. The Labute approximate surface area is 127 Å². The predicted molar refractivity (Wildman–Crippen MR) is 82.3 cm³/mol. The molecule has 1 amide bonds. The third kappa shape index (κ3) is 2.45. The fourth-order valence-electron chi connectivity index (χ4n) is 2.25. The van der Waals surface area contributed by atoms with Crippen LogP contribution in [0.1, 0.15) is 28.9 Å². The minimum absolute atomic E-state index is 0.0607. The Hall–Kier alpha value is -1.39. The summed E-state index contributed by atoms with van der Waals surface area (Å²) in [7, 11) is 1.88. The first-order valence-corrected chi connectivity index (χ1v) is 7.84. The Balaban J connectivity index is 1.83. The Bertz CT molecular complexity index is 636. The third-order valence-corrected chi connectivity index (χ3v) is 5.11. The van der Waals surface area contributed by atoms with Gasteiger partial charge in [0.25, 0.3) is 5.91 Å². The number of thiazole rings is 1. The first-order chi connectivity index (χ1) is 9.66. The second-order valence-electron chi connectivity index (χ2n) is 5.01. The lowest BCUT2D eigenvalue weighted by Crippen LogP contribution is -2.40. The summed E-state index contributed by atoms with van der Waals surface area (Å²) < 4.78 is 0. The van der Waals surface area contributed by atoms with E-state index in [1.165, 1.54) is 17.8 Å². The number of hydrogen-bond donors (Lipinski definition) is 0. The van der Waals surface area contributed by atoms with Crippen molar-refractivity contribution in [2.45, 2.75) is 25.3 Å². The van der Waals surface area contributed by atoms with E-state index in [0.717, 1.165) is 23.4 Å². The van der Waals surface area contributed by atoms with Crippen LogP contribution in [0.25, 0.3) is 10.6 Å². The molecule has 0 saturated heterocycles. The molecule has 0 unspecified atom stereocenters. The highest BCUT2D eigenvalue weighted by atomic mass is 35.5. The van der Waals surface area contributed by atoms with Gasteiger partial charge in [-0.1, -0.05) is 29.8 Å². The van der Waals surface area contributed by atoms with Gasteiger partial charge in [0, 0.05) is 18.7 Å². The number of benzene rings is 1. The molecule has 1 heterocycles. The molecule has 104 valence electrons. The molecular weight excluding hydrogens is 292 g/mol. The monoisotopic (exact) mass is 306 g/mol. The number of carbonyl (C=O) groups excluding carboxylic acids is 1. The molecule has 1 saturated carbocycles. The number of hydrogen-bond acceptors (Lipinski definition) is 3. The second-order valence-corrected chi connectivity index (χ2v) is 6.45. The van der Waals surface area contributed by atoms with E-state index in [1.54, 1.807) is 6.20 Å². The largest absolute Gasteiger partial charge is 0.338 e. The van der Waals surface area contributed by atoms with Crippen molar-refractivity contribution in [3.05, 3.63) is 40.4 Å². The van der Waals surface area contributed by atoms with Crippen molar-refractivity contribution in [3.63, 3.8) is 0 Å². The first-order valence-electron chi connectivity index (χ1n) is 6.64. The minimum atomic E-state index is 0.0607. The second kappa shape index (κ2) is 5.54. The van der Waals surface area contributed by atoms with Crippen molar-refractivity contribution < 1.29 is 4.79 Å². The summed E-state index contributed by atoms with van der Waals surface area (Å²) in [4.78, 5) is 19.2. The summed E-state index contributed by atoms with van der Waals surface area (Å²) in [6, 6.07) is 7.96. The lowest BCUT2D eigenvalue weighted by molar-refractivity contribution is 0.0657. The molecule has 1 fully saturated rings. The molecule has 3 rings (SSSR count). The zero-order chi connectivity index (χ0) is 14.1. The van der Waals surface area contributed by atoms with Crippen molar-refractivity contribution in [2.24, 2.45) is 0 Å². The molecule has 2 aromatic rings. The molecule has 0 atom stereocenters. The van der Waals surface area contributed by atoms with Crippen LogP contribution in [0.15, 0.2) is 30.5 Å². The summed E-state index contributed by atoms with van der Waals surface area (Å²) >= 11 is 7.57. The van der Waals surface area contributed by atoms with Gasteiger partial charge in [0.1, 0.15) is 9.88 Å². The average molecular weight is 307 g/mol. The van der Waals surface area contributed by atoms with E-state index < -0.39 is 0 Å². The Morgan fingerprint density at radius 3 is 2.80 bits per heavy atom. The standard InChI is InChI=1S/C15H15ClN2OS/c1-18(10-5-4-6-10)15(19)13-9-17-14(20-13)11-7-2-3-8-12(11)16/h2-3,7-10H,4-6H2,1H3. The van der Waals surface area contributed by atoms with Crippen molar-refractivity contribution >= 4 is 28.8 Å². The Morgan fingerprint density at radius 1 is 1.40 bits per heavy atom. The number of carbonyl (C=O) groups is 1. The summed E-state index contributed by atoms with van der Waals surface area (Å²) in [5.41, 5.74) is 0.879. The van der Waals surface area contributed by atoms with E-state index >= 15 is 0 Å². The number of rotatable bonds is 3. The molecule has 0 radical (unpaired) electrons. The maximum absolute atomic E-state index is 12.4. The predicted octanol–water partition coefficient (Wildman–Crippen LogP) is 4.09. The van der Waals surface area contributed by atoms with Crippen LogP contribution in [0, 0.1) is 0 Å². The van der Waals surface area contributed by atoms with Crippen LogP contribution in [-0.2, 0) is 0 Å². The van der Waals surface area contributed by atoms with E-state index in [1.807, 2.05) is 36.2 Å². The highest BCUT2D eigenvalue weighted by molar-refractivity contribution is 7.17. The van der Waals surface area contributed by atoms with Gasteiger partial charge in [0.05, 0.1) is 11.2 Å². The van der Waals surface area contributed by atoms with E-state index in [-0.39, 0.29) is 5.91 Å². The minimum Gasteiger partial charge on any atom is -0.338 e. The lowest BCUT2D eigenvalue weighted by atomic mass is 9.92. The van der Waals surface area contributed by atoms with Gasteiger partial charge in [-0.15, -0.1) is 11.3 Å². The molecule has 1 aliphatic carbocycles. The average Bonchev–Trinajstić information content (AvgIpc) is 2.85. The third-order valence-electron chi connectivity index (χ3n) is 3.76. The van der Waals surface area contributed by atoms with Crippen molar-refractivity contribution in [1.82, 2.24) is 9.88 Å². The highest BCUT2D eigenvalue weighted by Crippen LogP contribution is 2.32. The number of amides is 1. The lowest BCUT2D eigenvalue weighted by Gasteiger charge is -2.34. The molecule has 0 spiro atoms. The van der Waals surface area contributed by atoms with Crippen LogP contribution >= 0.6 is 22.9 Å². The molecule has 20 heavy (non-hydrogen) atoms. The number of nitrogens with zero attached hydrogens (tertiary/aromatic N) is 2. The Kier molecular flexibility index (Phi) is 3.76. The number of halogens is 1. The van der Waals surface area contributed by atoms with Gasteiger partial charge in [-0.25, -0.2) is 4.98 Å². The Morgan fingerprint density at radius 2 is 2.15 bits per heavy atom. The molecule has 0 aliphatic heterocycles. The van der Waals surface area contributed by atoms with Crippen LogP contribution in [0.2, 0.25) is 5.02 Å². The van der Waals surface area contributed by atoms with Crippen LogP contribution < -0.4 is 0 Å². The van der Waals surface area contributed by atoms with Gasteiger partial charge in [0.15, 0.2) is 0 Å². The fraction of sp³-hybridized carbons (Fsp3) is 0.333. The van der Waals surface area contributed by atoms with E-state index in [4.69, 9.17) is 11.6 Å². The van der Waals surface area contributed by atoms with E-state index in [2.05, 4.69) is 4.98 Å². The van der Waals surface area contributed by atoms with Crippen LogP contribution in [-0.4, -0.2) is 28.9 Å². The van der Waals surface area contributed by atoms with Gasteiger partial charge >= 0.3 is 0 Å². The fourth-order valence-corrected chi connectivity index (χ4v) is 3.47. The highest BCUT2D eigenvalue weighted by Gasteiger charge is 2.27. The molecule has 1 aromatic carbocycles. The normalized spacial score (nSPS) is 14.9. The number of aromatic nitrogens is 1. The van der Waals surface area contributed by atoms with Gasteiger partial charge < -0.3 is 4.90 Å². The summed E-state index contributed by atoms with van der Waals surface area (Å²) in [6.45, 7) is 0. The zero-order valence-electron chi connectivity index (χ0n) is 11.2. The zero-order valence-corrected chi connectivity index (χ0v) is 12.7. The van der Waals surface area contributed by atoms with E-state index in [9.17, 15) is 4.79 Å². The molecule has 3 nitrogen and oxygen atoms in total. The topological polar surface area (TPSA) is 33.2 Å². The molecule has 0 bridgehead atoms. The maximum atomic E-state index is 12.4. The summed E-state index contributed by atoms with van der Waals surface area (Å²) in [6.07, 6.45) is 5.09. The van der Waals surface area contributed by atoms with Crippen LogP contribution in [0.5, 0.6) is 0 Å². The van der Waals surface area contributed by atoms with Gasteiger partial charge in [-0.2, -0.15) is 0 Å². The first kappa shape index (κ1) is 13.6. The molecule has 1 aromatic heterocycles. The van der Waals surface area contributed by atoms with Crippen molar-refractivity contribution in [2.75, 3.05) is 7.05 Å². The summed E-state index contributed by atoms with van der Waals surface area (Å²) in [5, 5.41) is 1.45. The van der Waals surface area contributed by atoms with Crippen LogP contribution in [0.3, 0.4) is 0 Å². The molecular formula is C15H15ClN2OS. The maximum Gasteiger partial charge on any atom is 0.265 e. The van der Waals surface area contributed by atoms with E-state index in [0.29, 0.717) is 15.9 Å². The molecule has 0 N–H and O–H groups in total. The quantitative estimate of drug-likeness (QED) is 0.856. The van der Waals surface area contributed by atoms with Crippen LogP contribution in [0.4, 0.5) is 0 Å². The van der Waals surface area contributed by atoms with Gasteiger partial charge in [-0.05, 0) is 25.3 Å². The smallest absolute Gasteiger partial charge is 0.265 e. The van der Waals surface area contributed by atoms with Gasteiger partial charge in [0.2, 0.25) is 0 Å². The van der Waals surface area contributed by atoms with Crippen molar-refractivity contribution in [3.8, 4) is 10.6 Å². The van der Waals surface area contributed by atoms with Gasteiger partial charge in [-0.3, -0.25) is 4.79 Å². The van der Waals surface area contributed by atoms with Crippen molar-refractivity contribution in [1.29, 1.82) is 0 Å². The molecule has 1 aliphatic rings. The SMILES string of the molecule is CN(C(=O)c1cnc(-c2ccccc2Cl)s1)C1CCC1.